The van der Waals surface area contributed by atoms with Gasteiger partial charge in [-0.3, -0.25) is 4.98 Å². The molecule has 108 valence electrons. The molecule has 0 saturated heterocycles. The lowest BCUT2D eigenvalue weighted by atomic mass is 10.1. The van der Waals surface area contributed by atoms with Crippen molar-refractivity contribution in [2.24, 2.45) is 0 Å². The van der Waals surface area contributed by atoms with Crippen LogP contribution in [0.4, 0.5) is 5.69 Å². The Morgan fingerprint density at radius 3 is 2.68 bits per heavy atom. The minimum atomic E-state index is 0.104. The van der Waals surface area contributed by atoms with Crippen LogP contribution in [0.25, 0.3) is 0 Å². The van der Waals surface area contributed by atoms with Crippen LogP contribution in [-0.4, -0.2) is 37.3 Å². The Morgan fingerprint density at radius 2 is 2.11 bits per heavy atom. The molecule has 0 aromatic carbocycles. The van der Waals surface area contributed by atoms with Crippen LogP contribution in [0, 0.1) is 0 Å². The zero-order valence-corrected chi connectivity index (χ0v) is 13.0. The molecule has 4 heteroatoms. The fraction of sp³-hybridized carbons (Fsp3) is 0.667. The van der Waals surface area contributed by atoms with E-state index < -0.39 is 0 Å². The Labute approximate surface area is 117 Å². The molecule has 1 rings (SSSR count). The van der Waals surface area contributed by atoms with E-state index in [0.717, 1.165) is 12.2 Å². The first-order valence-corrected chi connectivity index (χ1v) is 6.75. The third kappa shape index (κ3) is 5.57. The van der Waals surface area contributed by atoms with Crippen LogP contribution < -0.4 is 10.2 Å². The topological polar surface area (TPSA) is 37.4 Å². The van der Waals surface area contributed by atoms with Crippen molar-refractivity contribution in [1.82, 2.24) is 10.3 Å². The molecule has 1 heterocycles. The monoisotopic (exact) mass is 265 g/mol. The SMILES string of the molecule is COCC(C)N(C)c1ccnc(CNC(C)(C)C)c1. The number of anilines is 1. The first-order chi connectivity index (χ1) is 8.83. The molecule has 1 unspecified atom stereocenters. The van der Waals surface area contributed by atoms with E-state index in [0.29, 0.717) is 12.6 Å². The van der Waals surface area contributed by atoms with Gasteiger partial charge in [-0.15, -0.1) is 0 Å². The Kier molecular flexibility index (Phi) is 5.76. The van der Waals surface area contributed by atoms with Gasteiger partial charge in [-0.05, 0) is 39.8 Å². The van der Waals surface area contributed by atoms with Crippen molar-refractivity contribution in [1.29, 1.82) is 0 Å². The van der Waals surface area contributed by atoms with Gasteiger partial charge < -0.3 is 15.0 Å². The van der Waals surface area contributed by atoms with Crippen molar-refractivity contribution in [3.8, 4) is 0 Å². The van der Waals surface area contributed by atoms with Gasteiger partial charge in [-0.2, -0.15) is 0 Å². The standard InChI is InChI=1S/C15H27N3O/c1-12(11-19-6)18(5)14-7-8-16-13(9-14)10-17-15(2,3)4/h7-9,12,17H,10-11H2,1-6H3. The predicted octanol–water partition coefficient (Wildman–Crippen LogP) is 2.44. The second-order valence-corrected chi connectivity index (χ2v) is 6.02. The molecule has 0 aliphatic carbocycles. The number of likely N-dealkylation sites (N-methyl/N-ethyl adjacent to an activating group) is 1. The number of aromatic nitrogens is 1. The molecule has 0 spiro atoms. The largest absolute Gasteiger partial charge is 0.383 e. The van der Waals surface area contributed by atoms with Gasteiger partial charge >= 0.3 is 0 Å². The highest BCUT2D eigenvalue weighted by molar-refractivity contribution is 5.46. The van der Waals surface area contributed by atoms with E-state index in [-0.39, 0.29) is 5.54 Å². The van der Waals surface area contributed by atoms with Gasteiger partial charge in [0.15, 0.2) is 0 Å². The van der Waals surface area contributed by atoms with Crippen molar-refractivity contribution in [2.75, 3.05) is 25.7 Å². The fourth-order valence-electron chi connectivity index (χ4n) is 1.74. The summed E-state index contributed by atoms with van der Waals surface area (Å²) in [6.07, 6.45) is 1.87. The van der Waals surface area contributed by atoms with E-state index in [1.165, 1.54) is 5.69 Å². The van der Waals surface area contributed by atoms with Gasteiger partial charge in [0.1, 0.15) is 0 Å². The van der Waals surface area contributed by atoms with Gasteiger partial charge in [-0.25, -0.2) is 0 Å². The third-order valence-corrected chi connectivity index (χ3v) is 3.08. The van der Waals surface area contributed by atoms with Crippen LogP contribution >= 0.6 is 0 Å². The summed E-state index contributed by atoms with van der Waals surface area (Å²) in [4.78, 5) is 6.62. The minimum absolute atomic E-state index is 0.104. The highest BCUT2D eigenvalue weighted by atomic mass is 16.5. The van der Waals surface area contributed by atoms with Crippen LogP contribution in [0.5, 0.6) is 0 Å². The summed E-state index contributed by atoms with van der Waals surface area (Å²) in [5.74, 6) is 0. The molecule has 0 aliphatic heterocycles. The second kappa shape index (κ2) is 6.87. The van der Waals surface area contributed by atoms with E-state index in [4.69, 9.17) is 4.74 Å². The molecule has 0 saturated carbocycles. The number of nitrogens with zero attached hydrogens (tertiary/aromatic N) is 2. The summed E-state index contributed by atoms with van der Waals surface area (Å²) in [5, 5.41) is 3.45. The minimum Gasteiger partial charge on any atom is -0.383 e. The highest BCUT2D eigenvalue weighted by Crippen LogP contribution is 2.16. The average Bonchev–Trinajstić information content (AvgIpc) is 2.35. The van der Waals surface area contributed by atoms with Crippen molar-refractivity contribution in [2.45, 2.75) is 45.8 Å². The van der Waals surface area contributed by atoms with Crippen molar-refractivity contribution >= 4 is 5.69 Å². The number of nitrogens with one attached hydrogen (secondary N) is 1. The fourth-order valence-corrected chi connectivity index (χ4v) is 1.74. The van der Waals surface area contributed by atoms with E-state index in [1.807, 2.05) is 12.3 Å². The van der Waals surface area contributed by atoms with E-state index in [1.54, 1.807) is 7.11 Å². The maximum absolute atomic E-state index is 5.20. The summed E-state index contributed by atoms with van der Waals surface area (Å²) >= 11 is 0. The number of methoxy groups -OCH3 is 1. The second-order valence-electron chi connectivity index (χ2n) is 6.02. The smallest absolute Gasteiger partial charge is 0.0663 e. The third-order valence-electron chi connectivity index (χ3n) is 3.08. The lowest BCUT2D eigenvalue weighted by molar-refractivity contribution is 0.183. The predicted molar refractivity (Wildman–Crippen MR) is 80.6 cm³/mol. The first-order valence-electron chi connectivity index (χ1n) is 6.75. The van der Waals surface area contributed by atoms with Gasteiger partial charge in [0.2, 0.25) is 0 Å². The Bertz CT molecular complexity index is 387. The normalized spacial score (nSPS) is 13.4. The van der Waals surface area contributed by atoms with E-state index >= 15 is 0 Å². The number of pyridine rings is 1. The van der Waals surface area contributed by atoms with Crippen LogP contribution in [0.3, 0.4) is 0 Å². The highest BCUT2D eigenvalue weighted by Gasteiger charge is 2.12. The van der Waals surface area contributed by atoms with Gasteiger partial charge in [0, 0.05) is 44.2 Å². The van der Waals surface area contributed by atoms with Gasteiger partial charge in [-0.1, -0.05) is 0 Å². The lowest BCUT2D eigenvalue weighted by Gasteiger charge is -2.27. The first kappa shape index (κ1) is 15.9. The molecule has 0 bridgehead atoms. The maximum atomic E-state index is 5.20. The van der Waals surface area contributed by atoms with Crippen molar-refractivity contribution in [3.05, 3.63) is 24.0 Å². The summed E-state index contributed by atoms with van der Waals surface area (Å²) in [5.41, 5.74) is 2.33. The molecule has 1 N–H and O–H groups in total. The lowest BCUT2D eigenvalue weighted by Crippen LogP contribution is -2.35. The number of rotatable bonds is 6. The summed E-state index contributed by atoms with van der Waals surface area (Å²) in [6.45, 7) is 10.1. The zero-order valence-electron chi connectivity index (χ0n) is 13.0. The molecule has 0 fully saturated rings. The summed E-state index contributed by atoms with van der Waals surface area (Å²) in [7, 11) is 3.82. The van der Waals surface area contributed by atoms with Gasteiger partial charge in [0.25, 0.3) is 0 Å². The molecule has 0 aliphatic rings. The average molecular weight is 265 g/mol. The van der Waals surface area contributed by atoms with Crippen molar-refractivity contribution < 1.29 is 4.74 Å². The van der Waals surface area contributed by atoms with Crippen molar-refractivity contribution in [3.63, 3.8) is 0 Å². The van der Waals surface area contributed by atoms with Gasteiger partial charge in [0.05, 0.1) is 12.3 Å². The Morgan fingerprint density at radius 1 is 1.42 bits per heavy atom. The van der Waals surface area contributed by atoms with Crippen LogP contribution in [0.2, 0.25) is 0 Å². The van der Waals surface area contributed by atoms with E-state index in [2.05, 4.69) is 56.0 Å². The molecular weight excluding hydrogens is 238 g/mol. The summed E-state index contributed by atoms with van der Waals surface area (Å²) < 4.78 is 5.20. The van der Waals surface area contributed by atoms with Crippen LogP contribution in [0.1, 0.15) is 33.4 Å². The van der Waals surface area contributed by atoms with E-state index in [9.17, 15) is 0 Å². The Balaban J connectivity index is 2.71. The number of ether oxygens (including phenoxy) is 1. The molecule has 1 aromatic heterocycles. The number of hydrogen-bond donors (Lipinski definition) is 1. The maximum Gasteiger partial charge on any atom is 0.0663 e. The molecule has 1 aromatic rings. The molecule has 0 radical (unpaired) electrons. The summed E-state index contributed by atoms with van der Waals surface area (Å²) in [6, 6.07) is 4.51. The molecular formula is C15H27N3O. The molecule has 4 nitrogen and oxygen atoms in total. The number of hydrogen-bond acceptors (Lipinski definition) is 4. The zero-order chi connectivity index (χ0) is 14.5. The molecule has 0 amide bonds. The quantitative estimate of drug-likeness (QED) is 0.857. The molecule has 19 heavy (non-hydrogen) atoms. The van der Waals surface area contributed by atoms with Crippen LogP contribution in [0.15, 0.2) is 18.3 Å². The Hall–Kier alpha value is -1.13. The molecule has 1 atom stereocenters. The van der Waals surface area contributed by atoms with Crippen LogP contribution in [-0.2, 0) is 11.3 Å².